The van der Waals surface area contributed by atoms with Crippen molar-refractivity contribution >= 4 is 0 Å². The van der Waals surface area contributed by atoms with Gasteiger partial charge in [0.15, 0.2) is 11.5 Å². The molecule has 0 amide bonds. The van der Waals surface area contributed by atoms with Crippen LogP contribution in [-0.4, -0.2) is 47.5 Å². The number of methoxy groups -OCH3 is 3. The zero-order valence-corrected chi connectivity index (χ0v) is 16.0. The molecule has 2 N–H and O–H groups in total. The lowest BCUT2D eigenvalue weighted by molar-refractivity contribution is -1.02. The molecule has 1 aliphatic rings. The van der Waals surface area contributed by atoms with E-state index in [2.05, 4.69) is 24.3 Å². The molecule has 0 saturated carbocycles. The van der Waals surface area contributed by atoms with E-state index in [9.17, 15) is 0 Å². The van der Waals surface area contributed by atoms with Gasteiger partial charge in [-0.3, -0.25) is 0 Å². The van der Waals surface area contributed by atoms with Gasteiger partial charge in [-0.15, -0.1) is 0 Å². The smallest absolute Gasteiger partial charge is 0.161 e. The maximum Gasteiger partial charge on any atom is 0.161 e. The maximum absolute atomic E-state index is 5.49. The maximum atomic E-state index is 5.49. The van der Waals surface area contributed by atoms with Gasteiger partial charge in [-0.2, -0.15) is 0 Å². The minimum atomic E-state index is 0.789. The molecule has 1 aliphatic heterocycles. The predicted molar refractivity (Wildman–Crippen MR) is 101 cm³/mol. The predicted octanol–water partition coefficient (Wildman–Crippen LogP) is 0.196. The minimum absolute atomic E-state index is 0.789. The van der Waals surface area contributed by atoms with Crippen LogP contribution in [0.3, 0.4) is 0 Å². The molecule has 0 unspecified atom stereocenters. The van der Waals surface area contributed by atoms with Crippen LogP contribution < -0.4 is 24.0 Å². The van der Waals surface area contributed by atoms with Crippen molar-refractivity contribution in [3.8, 4) is 17.2 Å². The Bertz CT molecular complexity index is 712. The van der Waals surface area contributed by atoms with E-state index < -0.39 is 0 Å². The van der Waals surface area contributed by atoms with Crippen LogP contribution in [0.2, 0.25) is 0 Å². The normalized spacial score (nSPS) is 19.8. The molecule has 0 bridgehead atoms. The molecule has 0 aliphatic carbocycles. The molecule has 1 heterocycles. The van der Waals surface area contributed by atoms with E-state index in [0.717, 1.165) is 30.3 Å². The third-order valence-corrected chi connectivity index (χ3v) is 5.20. The standard InChI is InChI=1S/C21H28N2O3/c1-24-19-7-5-4-6-18(19)16-23-12-10-22(11-13-23)15-17-8-9-20(25-2)21(14-17)26-3/h4-9,14H,10-13,15-16H2,1-3H3/p+2. The summed E-state index contributed by atoms with van der Waals surface area (Å²) in [5.41, 5.74) is 2.60. The molecular weight excluding hydrogens is 328 g/mol. The second-order valence-electron chi connectivity index (χ2n) is 6.85. The van der Waals surface area contributed by atoms with Crippen molar-refractivity contribution in [1.29, 1.82) is 0 Å². The Morgan fingerprint density at radius 2 is 1.31 bits per heavy atom. The van der Waals surface area contributed by atoms with Crippen LogP contribution in [0.25, 0.3) is 0 Å². The van der Waals surface area contributed by atoms with Gasteiger partial charge in [-0.1, -0.05) is 12.1 Å². The second-order valence-corrected chi connectivity index (χ2v) is 6.85. The molecule has 140 valence electrons. The average Bonchev–Trinajstić information content (AvgIpc) is 2.69. The summed E-state index contributed by atoms with van der Waals surface area (Å²) < 4.78 is 16.2. The molecule has 0 radical (unpaired) electrons. The number of quaternary nitrogens is 2. The first-order chi connectivity index (χ1) is 12.7. The Morgan fingerprint density at radius 3 is 1.96 bits per heavy atom. The Balaban J connectivity index is 1.54. The fourth-order valence-corrected chi connectivity index (χ4v) is 3.71. The number of benzene rings is 2. The summed E-state index contributed by atoms with van der Waals surface area (Å²) in [6.07, 6.45) is 0. The van der Waals surface area contributed by atoms with Crippen LogP contribution in [0.1, 0.15) is 11.1 Å². The number of ether oxygens (including phenoxy) is 3. The Labute approximate surface area is 156 Å². The van der Waals surface area contributed by atoms with E-state index in [4.69, 9.17) is 14.2 Å². The molecule has 0 atom stereocenters. The van der Waals surface area contributed by atoms with E-state index in [1.54, 1.807) is 31.1 Å². The molecule has 0 aromatic heterocycles. The quantitative estimate of drug-likeness (QED) is 0.742. The monoisotopic (exact) mass is 358 g/mol. The summed E-state index contributed by atoms with van der Waals surface area (Å²) in [6.45, 7) is 6.79. The lowest BCUT2D eigenvalue weighted by atomic mass is 10.1. The van der Waals surface area contributed by atoms with E-state index in [1.807, 2.05) is 18.2 Å². The van der Waals surface area contributed by atoms with E-state index in [-0.39, 0.29) is 0 Å². The van der Waals surface area contributed by atoms with Crippen LogP contribution in [0.5, 0.6) is 17.2 Å². The summed E-state index contributed by atoms with van der Waals surface area (Å²) in [5.74, 6) is 2.60. The molecular formula is C21H30N2O3+2. The number of rotatable bonds is 7. The number of piperazine rings is 1. The third-order valence-electron chi connectivity index (χ3n) is 5.20. The molecule has 1 saturated heterocycles. The summed E-state index contributed by atoms with van der Waals surface area (Å²) in [5, 5.41) is 0. The molecule has 26 heavy (non-hydrogen) atoms. The van der Waals surface area contributed by atoms with Crippen LogP contribution in [0.15, 0.2) is 42.5 Å². The van der Waals surface area contributed by atoms with Crippen LogP contribution in [0.4, 0.5) is 0 Å². The first kappa shape index (κ1) is 18.5. The Morgan fingerprint density at radius 1 is 0.692 bits per heavy atom. The van der Waals surface area contributed by atoms with E-state index >= 15 is 0 Å². The highest BCUT2D eigenvalue weighted by molar-refractivity contribution is 5.42. The molecule has 2 aromatic rings. The van der Waals surface area contributed by atoms with Crippen molar-refractivity contribution in [1.82, 2.24) is 0 Å². The van der Waals surface area contributed by atoms with Gasteiger partial charge in [0.25, 0.3) is 0 Å². The summed E-state index contributed by atoms with van der Waals surface area (Å²) >= 11 is 0. The van der Waals surface area contributed by atoms with Gasteiger partial charge >= 0.3 is 0 Å². The van der Waals surface area contributed by atoms with Crippen molar-refractivity contribution < 1.29 is 24.0 Å². The van der Waals surface area contributed by atoms with E-state index in [0.29, 0.717) is 0 Å². The first-order valence-electron chi connectivity index (χ1n) is 9.23. The number of hydrogen-bond donors (Lipinski definition) is 2. The molecule has 0 spiro atoms. The first-order valence-corrected chi connectivity index (χ1v) is 9.23. The van der Waals surface area contributed by atoms with Gasteiger partial charge < -0.3 is 24.0 Å². The summed E-state index contributed by atoms with van der Waals surface area (Å²) in [6, 6.07) is 14.6. The second kappa shape index (κ2) is 8.92. The molecule has 5 nitrogen and oxygen atoms in total. The van der Waals surface area contributed by atoms with Crippen molar-refractivity contribution in [3.05, 3.63) is 53.6 Å². The van der Waals surface area contributed by atoms with Gasteiger partial charge in [0.1, 0.15) is 45.0 Å². The van der Waals surface area contributed by atoms with Gasteiger partial charge in [0.2, 0.25) is 0 Å². The van der Waals surface area contributed by atoms with Crippen LogP contribution >= 0.6 is 0 Å². The zero-order valence-electron chi connectivity index (χ0n) is 16.0. The molecule has 1 fully saturated rings. The fraction of sp³-hybridized carbons (Fsp3) is 0.429. The number of para-hydroxylation sites is 1. The molecule has 5 heteroatoms. The Hall–Kier alpha value is -2.24. The lowest BCUT2D eigenvalue weighted by Gasteiger charge is -2.30. The topological polar surface area (TPSA) is 36.6 Å². The van der Waals surface area contributed by atoms with Crippen LogP contribution in [0, 0.1) is 0 Å². The largest absolute Gasteiger partial charge is 0.496 e. The van der Waals surface area contributed by atoms with Gasteiger partial charge in [0.05, 0.1) is 21.3 Å². The highest BCUT2D eigenvalue weighted by Crippen LogP contribution is 2.27. The van der Waals surface area contributed by atoms with E-state index in [1.165, 1.54) is 37.3 Å². The van der Waals surface area contributed by atoms with Gasteiger partial charge in [-0.05, 0) is 30.3 Å². The summed E-state index contributed by atoms with van der Waals surface area (Å²) in [4.78, 5) is 3.26. The fourth-order valence-electron chi connectivity index (χ4n) is 3.71. The number of nitrogens with one attached hydrogen (secondary N) is 2. The molecule has 2 aromatic carbocycles. The zero-order chi connectivity index (χ0) is 18.4. The average molecular weight is 358 g/mol. The lowest BCUT2D eigenvalue weighted by Crippen LogP contribution is -3.27. The van der Waals surface area contributed by atoms with Crippen molar-refractivity contribution in [2.24, 2.45) is 0 Å². The van der Waals surface area contributed by atoms with Gasteiger partial charge in [0, 0.05) is 11.1 Å². The highest BCUT2D eigenvalue weighted by Gasteiger charge is 2.24. The Kier molecular flexibility index (Phi) is 6.36. The van der Waals surface area contributed by atoms with Crippen molar-refractivity contribution in [3.63, 3.8) is 0 Å². The SMILES string of the molecule is COc1ccccc1C[NH+]1CC[NH+](Cc2ccc(OC)c(OC)c2)CC1. The molecule has 3 rings (SSSR count). The van der Waals surface area contributed by atoms with Crippen LogP contribution in [-0.2, 0) is 13.1 Å². The summed E-state index contributed by atoms with van der Waals surface area (Å²) in [7, 11) is 5.11. The van der Waals surface area contributed by atoms with Crippen molar-refractivity contribution in [2.75, 3.05) is 47.5 Å². The van der Waals surface area contributed by atoms with Gasteiger partial charge in [-0.25, -0.2) is 0 Å². The number of hydrogen-bond acceptors (Lipinski definition) is 3. The third kappa shape index (κ3) is 4.48. The minimum Gasteiger partial charge on any atom is -0.496 e. The highest BCUT2D eigenvalue weighted by atomic mass is 16.5. The van der Waals surface area contributed by atoms with Crippen molar-refractivity contribution in [2.45, 2.75) is 13.1 Å².